The van der Waals surface area contributed by atoms with Crippen LogP contribution in [0.4, 0.5) is 0 Å². The molecule has 0 aliphatic rings. The minimum Gasteiger partial charge on any atom is -0.490 e. The second kappa shape index (κ2) is 8.97. The lowest BCUT2D eigenvalue weighted by Gasteiger charge is -2.16. The maximum atomic E-state index is 12.5. The van der Waals surface area contributed by atoms with Crippen LogP contribution in [0, 0.1) is 6.92 Å². The lowest BCUT2D eigenvalue weighted by Crippen LogP contribution is -2.11. The van der Waals surface area contributed by atoms with Crippen molar-refractivity contribution >= 4 is 22.5 Å². The molecule has 1 aromatic heterocycles. The summed E-state index contributed by atoms with van der Waals surface area (Å²) in [5, 5.41) is 1.11. The summed E-state index contributed by atoms with van der Waals surface area (Å²) in [5.74, 6) is 1.47. The number of hydrogen-bond donors (Lipinski definition) is 1. The van der Waals surface area contributed by atoms with Crippen molar-refractivity contribution in [3.05, 3.63) is 57.1 Å². The van der Waals surface area contributed by atoms with Crippen molar-refractivity contribution in [2.24, 2.45) is 0 Å². The molecule has 0 fully saturated rings. The summed E-state index contributed by atoms with van der Waals surface area (Å²) < 4.78 is 11.4. The van der Waals surface area contributed by atoms with Gasteiger partial charge in [-0.1, -0.05) is 31.5 Å². The first kappa shape index (κ1) is 21.3. The first-order valence-electron chi connectivity index (χ1n) is 9.85. The van der Waals surface area contributed by atoms with E-state index in [0.717, 1.165) is 16.7 Å². The van der Waals surface area contributed by atoms with Gasteiger partial charge in [-0.3, -0.25) is 4.79 Å². The topological polar surface area (TPSA) is 64.2 Å². The van der Waals surface area contributed by atoms with Crippen LogP contribution in [0.3, 0.4) is 0 Å². The third-order valence-corrected chi connectivity index (χ3v) is 4.96. The number of halogens is 1. The minimum atomic E-state index is -0.139. The lowest BCUT2D eigenvalue weighted by molar-refractivity contribution is 0.0553. The zero-order valence-corrected chi connectivity index (χ0v) is 18.3. The van der Waals surface area contributed by atoms with E-state index in [1.807, 2.05) is 44.2 Å². The van der Waals surface area contributed by atoms with Gasteiger partial charge in [0.15, 0.2) is 0 Å². The van der Waals surface area contributed by atoms with E-state index in [0.29, 0.717) is 40.7 Å². The third-order valence-electron chi connectivity index (χ3n) is 4.65. The van der Waals surface area contributed by atoms with Gasteiger partial charge in [-0.05, 0) is 67.6 Å². The molecule has 3 aromatic rings. The molecule has 5 nitrogen and oxygen atoms in total. The number of aromatic nitrogens is 2. The van der Waals surface area contributed by atoms with Crippen LogP contribution < -0.4 is 10.3 Å². The molecule has 0 atom stereocenters. The summed E-state index contributed by atoms with van der Waals surface area (Å²) in [4.78, 5) is 19.7. The van der Waals surface area contributed by atoms with Gasteiger partial charge in [0, 0.05) is 0 Å². The number of aromatic amines is 1. The minimum absolute atomic E-state index is 0.139. The maximum absolute atomic E-state index is 12.5. The fraction of sp³-hybridized carbons (Fsp3) is 0.391. The second-order valence-corrected chi connectivity index (χ2v) is 8.08. The van der Waals surface area contributed by atoms with Crippen molar-refractivity contribution in [2.45, 2.75) is 46.6 Å². The fourth-order valence-corrected chi connectivity index (χ4v) is 3.44. The highest BCUT2D eigenvalue weighted by Gasteiger charge is 2.15. The molecule has 0 radical (unpaired) electrons. The van der Waals surface area contributed by atoms with E-state index in [9.17, 15) is 4.79 Å². The smallest absolute Gasteiger partial charge is 0.258 e. The van der Waals surface area contributed by atoms with Crippen LogP contribution in [-0.4, -0.2) is 29.3 Å². The van der Waals surface area contributed by atoms with Crippen LogP contribution in [0.5, 0.6) is 5.75 Å². The van der Waals surface area contributed by atoms with Crippen LogP contribution >= 0.6 is 11.6 Å². The molecule has 3 rings (SSSR count). The zero-order valence-electron chi connectivity index (χ0n) is 17.5. The highest BCUT2D eigenvalue weighted by atomic mass is 35.5. The molecule has 1 heterocycles. The van der Waals surface area contributed by atoms with E-state index >= 15 is 0 Å². The summed E-state index contributed by atoms with van der Waals surface area (Å²) >= 11 is 6.33. The number of nitrogens with zero attached hydrogens (tertiary/aromatic N) is 1. The van der Waals surface area contributed by atoms with Gasteiger partial charge < -0.3 is 14.5 Å². The molecule has 0 amide bonds. The number of ether oxygens (including phenoxy) is 2. The average molecular weight is 415 g/mol. The number of benzene rings is 2. The largest absolute Gasteiger partial charge is 0.490 e. The van der Waals surface area contributed by atoms with E-state index in [1.165, 1.54) is 0 Å². The molecule has 0 aliphatic carbocycles. The number of nitrogens with one attached hydrogen (secondary N) is 1. The number of aryl methyl sites for hydroxylation is 1. The van der Waals surface area contributed by atoms with Gasteiger partial charge in [-0.25, -0.2) is 4.98 Å². The molecule has 29 heavy (non-hydrogen) atoms. The molecule has 6 heteroatoms. The second-order valence-electron chi connectivity index (χ2n) is 7.68. The Morgan fingerprint density at radius 1 is 1.10 bits per heavy atom. The first-order chi connectivity index (χ1) is 13.8. The molecule has 0 unspecified atom stereocenters. The van der Waals surface area contributed by atoms with Crippen molar-refractivity contribution in [3.8, 4) is 16.9 Å². The van der Waals surface area contributed by atoms with Gasteiger partial charge in [-0.15, -0.1) is 0 Å². The monoisotopic (exact) mass is 414 g/mol. The molecule has 1 N–H and O–H groups in total. The highest BCUT2D eigenvalue weighted by molar-refractivity contribution is 6.32. The quantitative estimate of drug-likeness (QED) is 0.520. The van der Waals surface area contributed by atoms with E-state index in [2.05, 4.69) is 23.8 Å². The zero-order chi connectivity index (χ0) is 21.1. The van der Waals surface area contributed by atoms with Crippen molar-refractivity contribution in [1.82, 2.24) is 9.97 Å². The Hall–Kier alpha value is -2.37. The normalized spacial score (nSPS) is 11.6. The first-order valence-corrected chi connectivity index (χ1v) is 10.2. The average Bonchev–Trinajstić information content (AvgIpc) is 2.65. The number of hydrogen-bond acceptors (Lipinski definition) is 4. The predicted octanol–water partition coefficient (Wildman–Crippen LogP) is 5.48. The van der Waals surface area contributed by atoms with Crippen LogP contribution in [0.25, 0.3) is 22.0 Å². The van der Waals surface area contributed by atoms with Crippen LogP contribution in [0.2, 0.25) is 5.02 Å². The summed E-state index contributed by atoms with van der Waals surface area (Å²) in [6.45, 7) is 10.9. The van der Waals surface area contributed by atoms with E-state index in [1.54, 1.807) is 6.92 Å². The van der Waals surface area contributed by atoms with Crippen molar-refractivity contribution in [2.75, 3.05) is 13.2 Å². The number of H-pyrrole nitrogens is 1. The molecule has 0 saturated carbocycles. The molecule has 0 aliphatic heterocycles. The van der Waals surface area contributed by atoms with Crippen LogP contribution in [0.15, 0.2) is 35.1 Å². The summed E-state index contributed by atoms with van der Waals surface area (Å²) in [7, 11) is 0. The van der Waals surface area contributed by atoms with Crippen LogP contribution in [0.1, 0.15) is 45.0 Å². The van der Waals surface area contributed by atoms with Gasteiger partial charge in [-0.2, -0.15) is 0 Å². The van der Waals surface area contributed by atoms with Crippen LogP contribution in [-0.2, 0) is 4.74 Å². The van der Waals surface area contributed by atoms with Gasteiger partial charge in [0.1, 0.15) is 18.2 Å². The molecular formula is C23H27ClN2O3. The van der Waals surface area contributed by atoms with Crippen molar-refractivity contribution in [3.63, 3.8) is 0 Å². The van der Waals surface area contributed by atoms with Gasteiger partial charge in [0.2, 0.25) is 0 Å². The fourth-order valence-electron chi connectivity index (χ4n) is 3.26. The highest BCUT2D eigenvalue weighted by Crippen LogP contribution is 2.36. The maximum Gasteiger partial charge on any atom is 0.258 e. The molecule has 2 aromatic carbocycles. The molecular weight excluding hydrogens is 388 g/mol. The third kappa shape index (κ3) is 4.98. The van der Waals surface area contributed by atoms with E-state index < -0.39 is 0 Å². The van der Waals surface area contributed by atoms with E-state index in [-0.39, 0.29) is 17.6 Å². The van der Waals surface area contributed by atoms with Crippen molar-refractivity contribution in [1.29, 1.82) is 0 Å². The summed E-state index contributed by atoms with van der Waals surface area (Å²) in [6.07, 6.45) is 0.155. The van der Waals surface area contributed by atoms with Gasteiger partial charge >= 0.3 is 0 Å². The Kier molecular flexibility index (Phi) is 6.60. The lowest BCUT2D eigenvalue weighted by atomic mass is 9.91. The van der Waals surface area contributed by atoms with Gasteiger partial charge in [0.05, 0.1) is 28.6 Å². The molecule has 0 bridgehead atoms. The molecule has 154 valence electrons. The Labute approximate surface area is 176 Å². The Bertz CT molecular complexity index is 1070. The van der Waals surface area contributed by atoms with Crippen molar-refractivity contribution < 1.29 is 9.47 Å². The Morgan fingerprint density at radius 3 is 2.55 bits per heavy atom. The van der Waals surface area contributed by atoms with Gasteiger partial charge in [0.25, 0.3) is 5.56 Å². The Morgan fingerprint density at radius 2 is 1.86 bits per heavy atom. The number of rotatable bonds is 7. The SMILES string of the molecule is Cc1nc2cc(C(C)C)c(-c3ccc(Cl)c(OCCOC(C)C)c3)cc2c(=O)[nH]1. The van der Waals surface area contributed by atoms with E-state index in [4.69, 9.17) is 21.1 Å². The Balaban J connectivity index is 2.04. The number of fused-ring (bicyclic) bond motifs is 1. The summed E-state index contributed by atoms with van der Waals surface area (Å²) in [6, 6.07) is 9.60. The molecule has 0 saturated heterocycles. The standard InChI is InChI=1S/C23H27ClN2O3/c1-13(2)17-12-21-19(23(27)26-15(5)25-21)11-18(17)16-6-7-20(24)22(10-16)29-9-8-28-14(3)4/h6-7,10-14H,8-9H2,1-5H3,(H,25,26,27). The molecule has 0 spiro atoms. The predicted molar refractivity (Wildman–Crippen MR) is 118 cm³/mol. The summed E-state index contributed by atoms with van der Waals surface area (Å²) in [5.41, 5.74) is 3.60.